The molecule has 4 heteroatoms. The highest BCUT2D eigenvalue weighted by molar-refractivity contribution is 6.05. The molecule has 3 heterocycles. The first kappa shape index (κ1) is 8.75. The lowest BCUT2D eigenvalue weighted by Gasteiger charge is -1.94. The number of hydrogen-bond acceptors (Lipinski definition) is 1. The van der Waals surface area contributed by atoms with Crippen LogP contribution < -0.4 is 0 Å². The molecular weight excluding hydrogens is 217 g/mol. The molecule has 0 unspecified atom stereocenters. The quantitative estimate of drug-likeness (QED) is 0.490. The van der Waals surface area contributed by atoms with Crippen molar-refractivity contribution in [1.29, 1.82) is 0 Å². The van der Waals surface area contributed by atoms with Gasteiger partial charge >= 0.3 is 0 Å². The van der Waals surface area contributed by atoms with E-state index < -0.39 is 0 Å². The van der Waals surface area contributed by atoms with Crippen LogP contribution >= 0.6 is 0 Å². The number of para-hydroxylation sites is 1. The third-order valence-corrected chi connectivity index (χ3v) is 3.04. The van der Waals surface area contributed by atoms with Crippen molar-refractivity contribution in [3.05, 3.63) is 48.4 Å². The molecule has 0 saturated heterocycles. The second-order valence-electron chi connectivity index (χ2n) is 4.03. The molecule has 17 heavy (non-hydrogen) atoms. The van der Waals surface area contributed by atoms with Crippen LogP contribution in [-0.2, 0) is 0 Å². The topological polar surface area (TPSA) is 33.1 Å². The normalized spacial score (nSPS) is 11.8. The molecule has 0 atom stereocenters. The molecular formula is C13H8FN3. The smallest absolute Gasteiger partial charge is 0.175 e. The van der Waals surface area contributed by atoms with Gasteiger partial charge in [0.25, 0.3) is 0 Å². The lowest BCUT2D eigenvalue weighted by Crippen LogP contribution is -1.87. The molecule has 3 nitrogen and oxygen atoms in total. The van der Waals surface area contributed by atoms with Crippen molar-refractivity contribution in [3.63, 3.8) is 0 Å². The van der Waals surface area contributed by atoms with Crippen molar-refractivity contribution >= 4 is 27.7 Å². The van der Waals surface area contributed by atoms with E-state index in [1.54, 1.807) is 10.5 Å². The molecule has 0 aliphatic heterocycles. The maximum atomic E-state index is 13.6. The average molecular weight is 225 g/mol. The van der Waals surface area contributed by atoms with Crippen molar-refractivity contribution in [2.24, 2.45) is 0 Å². The van der Waals surface area contributed by atoms with Gasteiger partial charge in [-0.15, -0.1) is 0 Å². The van der Waals surface area contributed by atoms with Gasteiger partial charge in [0.05, 0.1) is 0 Å². The van der Waals surface area contributed by atoms with Crippen molar-refractivity contribution in [2.45, 2.75) is 0 Å². The van der Waals surface area contributed by atoms with E-state index in [1.807, 2.05) is 30.5 Å². The molecule has 3 aromatic heterocycles. The second kappa shape index (κ2) is 2.85. The molecule has 0 aliphatic carbocycles. The first-order chi connectivity index (χ1) is 8.34. The minimum atomic E-state index is -0.304. The van der Waals surface area contributed by atoms with E-state index in [4.69, 9.17) is 0 Å². The number of halogens is 1. The number of aromatic nitrogens is 3. The largest absolute Gasteiger partial charge is 0.339 e. The summed E-state index contributed by atoms with van der Waals surface area (Å²) in [5, 5.41) is 1.02. The molecule has 0 aliphatic rings. The molecule has 1 aromatic carbocycles. The minimum absolute atomic E-state index is 0.304. The number of nitrogens with zero attached hydrogens (tertiary/aromatic N) is 2. The summed E-state index contributed by atoms with van der Waals surface area (Å²) in [7, 11) is 0. The Kier molecular flexibility index (Phi) is 1.47. The van der Waals surface area contributed by atoms with Crippen molar-refractivity contribution in [2.75, 3.05) is 0 Å². The highest BCUT2D eigenvalue weighted by Gasteiger charge is 2.12. The fourth-order valence-corrected chi connectivity index (χ4v) is 2.27. The molecule has 0 fully saturated rings. The van der Waals surface area contributed by atoms with Gasteiger partial charge in [0.1, 0.15) is 11.2 Å². The molecule has 1 N–H and O–H groups in total. The van der Waals surface area contributed by atoms with Gasteiger partial charge in [-0.3, -0.25) is 4.40 Å². The number of fused-ring (bicyclic) bond motifs is 5. The predicted octanol–water partition coefficient (Wildman–Crippen LogP) is 3.11. The predicted molar refractivity (Wildman–Crippen MR) is 64.5 cm³/mol. The lowest BCUT2D eigenvalue weighted by atomic mass is 10.2. The van der Waals surface area contributed by atoms with Crippen LogP contribution in [0.3, 0.4) is 0 Å². The van der Waals surface area contributed by atoms with Gasteiger partial charge in [0.2, 0.25) is 0 Å². The van der Waals surface area contributed by atoms with Crippen molar-refractivity contribution in [1.82, 2.24) is 14.4 Å². The molecule has 0 saturated carbocycles. The summed E-state index contributed by atoms with van der Waals surface area (Å²) in [6.45, 7) is 0. The number of hydrogen-bond donors (Lipinski definition) is 1. The highest BCUT2D eigenvalue weighted by atomic mass is 19.1. The summed E-state index contributed by atoms with van der Waals surface area (Å²) in [6, 6.07) is 11.0. The Morgan fingerprint density at radius 3 is 2.94 bits per heavy atom. The number of nitrogens with one attached hydrogen (secondary N) is 1. The van der Waals surface area contributed by atoms with E-state index in [0.29, 0.717) is 5.65 Å². The average Bonchev–Trinajstić information content (AvgIpc) is 2.87. The molecule has 0 bridgehead atoms. The number of benzene rings is 1. The summed E-state index contributed by atoms with van der Waals surface area (Å²) in [4.78, 5) is 7.62. The zero-order chi connectivity index (χ0) is 11.4. The zero-order valence-electron chi connectivity index (χ0n) is 8.81. The van der Waals surface area contributed by atoms with E-state index in [0.717, 1.165) is 22.1 Å². The van der Waals surface area contributed by atoms with Crippen LogP contribution in [0.5, 0.6) is 0 Å². The zero-order valence-corrected chi connectivity index (χ0v) is 8.81. The van der Waals surface area contributed by atoms with Gasteiger partial charge in [-0.25, -0.2) is 9.37 Å². The first-order valence-electron chi connectivity index (χ1n) is 5.37. The third-order valence-electron chi connectivity index (χ3n) is 3.04. The summed E-state index contributed by atoms with van der Waals surface area (Å²) in [6.07, 6.45) is 1.81. The number of H-pyrrole nitrogens is 1. The van der Waals surface area contributed by atoms with Crippen LogP contribution in [0, 0.1) is 5.82 Å². The molecule has 4 aromatic rings. The molecule has 0 spiro atoms. The van der Waals surface area contributed by atoms with Crippen LogP contribution in [0.25, 0.3) is 27.7 Å². The van der Waals surface area contributed by atoms with Crippen LogP contribution in [0.1, 0.15) is 0 Å². The Hall–Kier alpha value is -2.36. The van der Waals surface area contributed by atoms with Gasteiger partial charge in [-0.05, 0) is 18.2 Å². The SMILES string of the molecule is Fc1cccn2c1nc1c3ccccc3[nH]c12. The maximum absolute atomic E-state index is 13.6. The van der Waals surface area contributed by atoms with Crippen molar-refractivity contribution in [3.8, 4) is 0 Å². The molecule has 82 valence electrons. The summed E-state index contributed by atoms with van der Waals surface area (Å²) < 4.78 is 15.3. The van der Waals surface area contributed by atoms with E-state index in [2.05, 4.69) is 9.97 Å². The van der Waals surface area contributed by atoms with E-state index in [9.17, 15) is 4.39 Å². The number of pyridine rings is 1. The minimum Gasteiger partial charge on any atom is -0.339 e. The Morgan fingerprint density at radius 1 is 1.12 bits per heavy atom. The van der Waals surface area contributed by atoms with Crippen LogP contribution in [-0.4, -0.2) is 14.4 Å². The Morgan fingerprint density at radius 2 is 2.00 bits per heavy atom. The van der Waals surface area contributed by atoms with E-state index in [1.165, 1.54) is 6.07 Å². The van der Waals surface area contributed by atoms with E-state index in [-0.39, 0.29) is 5.82 Å². The van der Waals surface area contributed by atoms with Gasteiger partial charge in [0.15, 0.2) is 11.5 Å². The summed E-state index contributed by atoms with van der Waals surface area (Å²) in [5.74, 6) is -0.304. The van der Waals surface area contributed by atoms with E-state index >= 15 is 0 Å². The number of rotatable bonds is 0. The highest BCUT2D eigenvalue weighted by Crippen LogP contribution is 2.26. The van der Waals surface area contributed by atoms with Crippen LogP contribution in [0.4, 0.5) is 4.39 Å². The van der Waals surface area contributed by atoms with Gasteiger partial charge in [0, 0.05) is 17.1 Å². The fourth-order valence-electron chi connectivity index (χ4n) is 2.27. The second-order valence-corrected chi connectivity index (χ2v) is 4.03. The summed E-state index contributed by atoms with van der Waals surface area (Å²) in [5.41, 5.74) is 3.02. The Labute approximate surface area is 95.5 Å². The maximum Gasteiger partial charge on any atom is 0.175 e. The molecule has 0 radical (unpaired) electrons. The lowest BCUT2D eigenvalue weighted by molar-refractivity contribution is 0.630. The van der Waals surface area contributed by atoms with Crippen LogP contribution in [0.15, 0.2) is 42.6 Å². The van der Waals surface area contributed by atoms with Crippen LogP contribution in [0.2, 0.25) is 0 Å². The third kappa shape index (κ3) is 1.02. The Balaban J connectivity index is 2.33. The van der Waals surface area contributed by atoms with Gasteiger partial charge in [-0.2, -0.15) is 0 Å². The molecule has 4 rings (SSSR count). The van der Waals surface area contributed by atoms with Gasteiger partial charge in [-0.1, -0.05) is 18.2 Å². The number of aromatic amines is 1. The van der Waals surface area contributed by atoms with Gasteiger partial charge < -0.3 is 4.98 Å². The standard InChI is InChI=1S/C13H8FN3/c14-9-5-3-7-17-12(9)16-11-8-4-1-2-6-10(8)15-13(11)17/h1-7,15H. The van der Waals surface area contributed by atoms with Crippen molar-refractivity contribution < 1.29 is 4.39 Å². The number of imidazole rings is 1. The molecule has 0 amide bonds. The summed E-state index contributed by atoms with van der Waals surface area (Å²) >= 11 is 0. The first-order valence-corrected chi connectivity index (χ1v) is 5.37. The fraction of sp³-hybridized carbons (Fsp3) is 0. The monoisotopic (exact) mass is 225 g/mol. The Bertz CT molecular complexity index is 857.